The summed E-state index contributed by atoms with van der Waals surface area (Å²) in [5.41, 5.74) is -0.118. The molecule has 0 bridgehead atoms. The van der Waals surface area contributed by atoms with Gasteiger partial charge in [0.2, 0.25) is 11.8 Å². The molecule has 2 heterocycles. The molecule has 1 aliphatic heterocycles. The Hall–Kier alpha value is -1.47. The summed E-state index contributed by atoms with van der Waals surface area (Å²) in [6.07, 6.45) is 0. The molecule has 0 saturated carbocycles. The fourth-order valence-corrected chi connectivity index (χ4v) is 2.44. The molecule has 124 valence electrons. The van der Waals surface area contributed by atoms with E-state index in [0.717, 1.165) is 18.9 Å². The van der Waals surface area contributed by atoms with Crippen molar-refractivity contribution in [1.82, 2.24) is 19.9 Å². The summed E-state index contributed by atoms with van der Waals surface area (Å²) in [6.45, 7) is 11.4. The van der Waals surface area contributed by atoms with Crippen LogP contribution in [0.1, 0.15) is 45.5 Å². The second kappa shape index (κ2) is 6.75. The van der Waals surface area contributed by atoms with Crippen molar-refractivity contribution in [3.05, 3.63) is 11.7 Å². The quantitative estimate of drug-likeness (QED) is 0.832. The van der Waals surface area contributed by atoms with Gasteiger partial charge in [0.05, 0.1) is 6.04 Å². The fourth-order valence-electron chi connectivity index (χ4n) is 2.44. The van der Waals surface area contributed by atoms with Crippen molar-refractivity contribution in [2.75, 3.05) is 39.9 Å². The number of rotatable bonds is 4. The lowest BCUT2D eigenvalue weighted by molar-refractivity contribution is -0.137. The van der Waals surface area contributed by atoms with Crippen LogP contribution in [0, 0.1) is 0 Å². The van der Waals surface area contributed by atoms with Crippen LogP contribution in [0.4, 0.5) is 0 Å². The summed E-state index contributed by atoms with van der Waals surface area (Å²) >= 11 is 0. The number of carbonyl (C=O) groups is 1. The molecule has 0 aliphatic carbocycles. The second-order valence-electron chi connectivity index (χ2n) is 6.73. The normalized spacial score (nSPS) is 18.5. The Balaban J connectivity index is 1.93. The SMILES string of the molecule is COCC(=O)N1CCN([C@@H](C)c2nc(C(C)(C)C)no2)CC1. The van der Waals surface area contributed by atoms with Gasteiger partial charge in [-0.25, -0.2) is 0 Å². The van der Waals surface area contributed by atoms with Crippen LogP contribution in [0.5, 0.6) is 0 Å². The van der Waals surface area contributed by atoms with Gasteiger partial charge in [-0.3, -0.25) is 9.69 Å². The average Bonchev–Trinajstić information content (AvgIpc) is 2.97. The molecule has 0 unspecified atom stereocenters. The first-order valence-electron chi connectivity index (χ1n) is 7.67. The molecule has 2 rings (SSSR count). The standard InChI is InChI=1S/C15H26N4O3/c1-11(13-16-14(17-22-13)15(2,3)4)18-6-8-19(9-7-18)12(20)10-21-5/h11H,6-10H2,1-5H3/t11-/m0/s1. The van der Waals surface area contributed by atoms with E-state index in [4.69, 9.17) is 9.26 Å². The molecular formula is C15H26N4O3. The Kier molecular flexibility index (Phi) is 5.18. The molecular weight excluding hydrogens is 284 g/mol. The molecule has 22 heavy (non-hydrogen) atoms. The predicted octanol–water partition coefficient (Wildman–Crippen LogP) is 1.22. The summed E-state index contributed by atoms with van der Waals surface area (Å²) in [5.74, 6) is 1.41. The van der Waals surface area contributed by atoms with Crippen LogP contribution in [0.15, 0.2) is 4.52 Å². The van der Waals surface area contributed by atoms with E-state index in [1.54, 1.807) is 7.11 Å². The summed E-state index contributed by atoms with van der Waals surface area (Å²) in [6, 6.07) is 0.0586. The van der Waals surface area contributed by atoms with Crippen molar-refractivity contribution in [2.24, 2.45) is 0 Å². The Morgan fingerprint density at radius 2 is 1.95 bits per heavy atom. The topological polar surface area (TPSA) is 71.7 Å². The van der Waals surface area contributed by atoms with Gasteiger partial charge in [-0.15, -0.1) is 0 Å². The van der Waals surface area contributed by atoms with E-state index < -0.39 is 0 Å². The summed E-state index contributed by atoms with van der Waals surface area (Å²) in [4.78, 5) is 20.4. The van der Waals surface area contributed by atoms with Gasteiger partial charge < -0.3 is 14.2 Å². The number of piperazine rings is 1. The smallest absolute Gasteiger partial charge is 0.248 e. The van der Waals surface area contributed by atoms with Crippen molar-refractivity contribution in [3.8, 4) is 0 Å². The van der Waals surface area contributed by atoms with Crippen LogP contribution in [0.25, 0.3) is 0 Å². The number of carbonyl (C=O) groups excluding carboxylic acids is 1. The van der Waals surface area contributed by atoms with Crippen LogP contribution in [-0.2, 0) is 14.9 Å². The molecule has 1 fully saturated rings. The number of hydrogen-bond donors (Lipinski definition) is 0. The monoisotopic (exact) mass is 310 g/mol. The summed E-state index contributed by atoms with van der Waals surface area (Å²) < 4.78 is 10.3. The Morgan fingerprint density at radius 3 is 2.45 bits per heavy atom. The lowest BCUT2D eigenvalue weighted by Gasteiger charge is -2.36. The van der Waals surface area contributed by atoms with E-state index in [1.807, 2.05) is 4.90 Å². The van der Waals surface area contributed by atoms with E-state index in [9.17, 15) is 4.79 Å². The van der Waals surface area contributed by atoms with Crippen LogP contribution < -0.4 is 0 Å². The maximum atomic E-state index is 11.8. The number of hydrogen-bond acceptors (Lipinski definition) is 6. The van der Waals surface area contributed by atoms with Gasteiger partial charge in [-0.05, 0) is 6.92 Å². The van der Waals surface area contributed by atoms with Crippen LogP contribution in [0.2, 0.25) is 0 Å². The van der Waals surface area contributed by atoms with Crippen LogP contribution in [0.3, 0.4) is 0 Å². The highest BCUT2D eigenvalue weighted by Crippen LogP contribution is 2.24. The highest BCUT2D eigenvalue weighted by atomic mass is 16.5. The van der Waals surface area contributed by atoms with E-state index in [-0.39, 0.29) is 24.0 Å². The third-order valence-corrected chi connectivity index (χ3v) is 3.95. The lowest BCUT2D eigenvalue weighted by Crippen LogP contribution is -2.50. The molecule has 1 amide bonds. The zero-order valence-electron chi connectivity index (χ0n) is 14.1. The van der Waals surface area contributed by atoms with Crippen molar-refractivity contribution in [2.45, 2.75) is 39.2 Å². The van der Waals surface area contributed by atoms with Gasteiger partial charge >= 0.3 is 0 Å². The number of methoxy groups -OCH3 is 1. The highest BCUT2D eigenvalue weighted by Gasteiger charge is 2.29. The molecule has 1 aliphatic rings. The van der Waals surface area contributed by atoms with E-state index in [1.165, 1.54) is 0 Å². The Morgan fingerprint density at radius 1 is 1.32 bits per heavy atom. The summed E-state index contributed by atoms with van der Waals surface area (Å²) in [5, 5.41) is 4.08. The number of amides is 1. The largest absolute Gasteiger partial charge is 0.375 e. The Labute approximate surface area is 131 Å². The van der Waals surface area contributed by atoms with Crippen LogP contribution in [-0.4, -0.2) is 65.7 Å². The fraction of sp³-hybridized carbons (Fsp3) is 0.800. The first kappa shape index (κ1) is 16.9. The Bertz CT molecular complexity index is 501. The molecule has 0 spiro atoms. The number of aromatic nitrogens is 2. The summed E-state index contributed by atoms with van der Waals surface area (Å²) in [7, 11) is 1.54. The van der Waals surface area contributed by atoms with E-state index in [2.05, 4.69) is 42.7 Å². The van der Waals surface area contributed by atoms with Gasteiger partial charge in [-0.1, -0.05) is 25.9 Å². The molecule has 1 saturated heterocycles. The van der Waals surface area contributed by atoms with E-state index >= 15 is 0 Å². The molecule has 7 heteroatoms. The van der Waals surface area contributed by atoms with Crippen molar-refractivity contribution in [1.29, 1.82) is 0 Å². The van der Waals surface area contributed by atoms with Crippen molar-refractivity contribution >= 4 is 5.91 Å². The van der Waals surface area contributed by atoms with Crippen molar-refractivity contribution in [3.63, 3.8) is 0 Å². The molecule has 1 aromatic rings. The first-order chi connectivity index (χ1) is 10.3. The third kappa shape index (κ3) is 3.84. The average molecular weight is 310 g/mol. The molecule has 1 aromatic heterocycles. The molecule has 7 nitrogen and oxygen atoms in total. The minimum Gasteiger partial charge on any atom is -0.375 e. The lowest BCUT2D eigenvalue weighted by atomic mass is 9.96. The maximum Gasteiger partial charge on any atom is 0.248 e. The zero-order chi connectivity index (χ0) is 16.3. The predicted molar refractivity (Wildman–Crippen MR) is 81.4 cm³/mol. The maximum absolute atomic E-state index is 11.8. The molecule has 0 aromatic carbocycles. The van der Waals surface area contributed by atoms with Crippen molar-refractivity contribution < 1.29 is 14.1 Å². The van der Waals surface area contributed by atoms with Gasteiger partial charge in [0.25, 0.3) is 0 Å². The van der Waals surface area contributed by atoms with E-state index in [0.29, 0.717) is 19.0 Å². The third-order valence-electron chi connectivity index (χ3n) is 3.95. The molecule has 0 N–H and O–H groups in total. The zero-order valence-corrected chi connectivity index (χ0v) is 14.1. The van der Waals surface area contributed by atoms with Gasteiger partial charge in [0.15, 0.2) is 5.82 Å². The van der Waals surface area contributed by atoms with Gasteiger partial charge in [-0.2, -0.15) is 4.98 Å². The minimum atomic E-state index is -0.118. The molecule has 1 atom stereocenters. The van der Waals surface area contributed by atoms with Gasteiger partial charge in [0, 0.05) is 38.7 Å². The first-order valence-corrected chi connectivity index (χ1v) is 7.67. The second-order valence-corrected chi connectivity index (χ2v) is 6.73. The molecule has 0 radical (unpaired) electrons. The number of ether oxygens (including phenoxy) is 1. The minimum absolute atomic E-state index is 0.0441. The number of nitrogens with zero attached hydrogens (tertiary/aromatic N) is 4. The van der Waals surface area contributed by atoms with Gasteiger partial charge in [0.1, 0.15) is 6.61 Å². The highest BCUT2D eigenvalue weighted by molar-refractivity contribution is 5.77. The van der Waals surface area contributed by atoms with Crippen LogP contribution >= 0.6 is 0 Å².